The summed E-state index contributed by atoms with van der Waals surface area (Å²) < 4.78 is 29.2. The van der Waals surface area contributed by atoms with Gasteiger partial charge in [-0.2, -0.15) is 0 Å². The summed E-state index contributed by atoms with van der Waals surface area (Å²) in [6.45, 7) is 0.209. The molecule has 0 bridgehead atoms. The molecule has 0 fully saturated rings. The lowest BCUT2D eigenvalue weighted by Crippen LogP contribution is -2.00. The maximum Gasteiger partial charge on any atom is 0.165 e. The lowest BCUT2D eigenvalue weighted by Gasteiger charge is -2.12. The third kappa shape index (κ3) is 3.12. The Morgan fingerprint density at radius 1 is 0.950 bits per heavy atom. The van der Waals surface area contributed by atoms with Crippen molar-refractivity contribution in [2.24, 2.45) is 0 Å². The van der Waals surface area contributed by atoms with Gasteiger partial charge in [-0.25, -0.2) is 4.39 Å². The number of benzene rings is 2. The molecule has 5 heteroatoms. The topological polar surface area (TPSA) is 53.7 Å². The van der Waals surface area contributed by atoms with Crippen LogP contribution in [0, 0.1) is 5.82 Å². The lowest BCUT2D eigenvalue weighted by molar-refractivity contribution is 0.284. The van der Waals surface area contributed by atoms with Crippen molar-refractivity contribution in [3.63, 3.8) is 0 Å². The summed E-state index contributed by atoms with van der Waals surface area (Å²) in [4.78, 5) is 0. The molecule has 0 spiro atoms. The first kappa shape index (κ1) is 14.0. The van der Waals surface area contributed by atoms with Crippen LogP contribution >= 0.6 is 0 Å². The summed E-state index contributed by atoms with van der Waals surface area (Å²) in [5.74, 6) is 0.875. The molecule has 0 saturated heterocycles. The van der Waals surface area contributed by atoms with Crippen LogP contribution in [0.3, 0.4) is 0 Å². The first-order chi connectivity index (χ1) is 9.63. The Kier molecular flexibility index (Phi) is 4.30. The molecule has 2 aromatic carbocycles. The average Bonchev–Trinajstić information content (AvgIpc) is 2.45. The number of nitrogen functional groups attached to an aromatic ring is 1. The fourth-order valence-corrected chi connectivity index (χ4v) is 1.77. The van der Waals surface area contributed by atoms with Gasteiger partial charge in [0.1, 0.15) is 6.61 Å². The van der Waals surface area contributed by atoms with Crippen molar-refractivity contribution in [1.82, 2.24) is 0 Å². The van der Waals surface area contributed by atoms with Crippen molar-refractivity contribution < 1.29 is 18.6 Å². The van der Waals surface area contributed by atoms with Gasteiger partial charge >= 0.3 is 0 Å². The number of hydrogen-bond acceptors (Lipinski definition) is 4. The van der Waals surface area contributed by atoms with Crippen molar-refractivity contribution in [2.75, 3.05) is 20.0 Å². The smallest absolute Gasteiger partial charge is 0.165 e. The maximum atomic E-state index is 13.6. The molecule has 106 valence electrons. The van der Waals surface area contributed by atoms with Gasteiger partial charge in [-0.1, -0.05) is 6.07 Å². The first-order valence-electron chi connectivity index (χ1n) is 6.02. The zero-order valence-corrected chi connectivity index (χ0v) is 11.4. The predicted molar refractivity (Wildman–Crippen MR) is 74.7 cm³/mol. The third-order valence-corrected chi connectivity index (χ3v) is 2.80. The van der Waals surface area contributed by atoms with Crippen molar-refractivity contribution in [3.05, 3.63) is 47.8 Å². The number of rotatable bonds is 5. The average molecular weight is 277 g/mol. The molecule has 0 aromatic heterocycles. The summed E-state index contributed by atoms with van der Waals surface area (Å²) in [6, 6.07) is 9.78. The van der Waals surface area contributed by atoms with Gasteiger partial charge in [0.2, 0.25) is 0 Å². The van der Waals surface area contributed by atoms with E-state index in [0.29, 0.717) is 22.7 Å². The van der Waals surface area contributed by atoms with Crippen molar-refractivity contribution in [1.29, 1.82) is 0 Å². The summed E-state index contributed by atoms with van der Waals surface area (Å²) in [5.41, 5.74) is 6.96. The molecule has 2 rings (SSSR count). The Bertz CT molecular complexity index is 602. The molecule has 0 radical (unpaired) electrons. The number of ether oxygens (including phenoxy) is 3. The molecular formula is C15H16FNO3. The Balaban J connectivity index is 2.12. The second-order valence-electron chi connectivity index (χ2n) is 4.17. The molecule has 0 saturated carbocycles. The molecule has 0 amide bonds. The molecular weight excluding hydrogens is 261 g/mol. The van der Waals surface area contributed by atoms with Gasteiger partial charge in [-0.3, -0.25) is 0 Å². The molecule has 2 aromatic rings. The number of methoxy groups -OCH3 is 2. The van der Waals surface area contributed by atoms with Crippen LogP contribution in [0.15, 0.2) is 36.4 Å². The highest BCUT2D eigenvalue weighted by atomic mass is 19.1. The standard InChI is InChI=1S/C15H16FNO3/c1-18-13-5-3-10(7-12(13)16)9-20-15-8-11(17)4-6-14(15)19-2/h3-8H,9,17H2,1-2H3. The van der Waals surface area contributed by atoms with E-state index in [4.69, 9.17) is 19.9 Å². The second-order valence-corrected chi connectivity index (χ2v) is 4.17. The molecule has 0 atom stereocenters. The van der Waals surface area contributed by atoms with E-state index in [-0.39, 0.29) is 12.4 Å². The van der Waals surface area contributed by atoms with Gasteiger partial charge in [0.15, 0.2) is 23.1 Å². The molecule has 4 nitrogen and oxygen atoms in total. The highest BCUT2D eigenvalue weighted by molar-refractivity contribution is 5.52. The summed E-state index contributed by atoms with van der Waals surface area (Å²) in [5, 5.41) is 0. The first-order valence-corrected chi connectivity index (χ1v) is 6.02. The Morgan fingerprint density at radius 2 is 1.65 bits per heavy atom. The quantitative estimate of drug-likeness (QED) is 0.854. The van der Waals surface area contributed by atoms with E-state index in [9.17, 15) is 4.39 Å². The van der Waals surface area contributed by atoms with Crippen molar-refractivity contribution in [2.45, 2.75) is 6.61 Å². The highest BCUT2D eigenvalue weighted by Crippen LogP contribution is 2.30. The minimum Gasteiger partial charge on any atom is -0.494 e. The molecule has 20 heavy (non-hydrogen) atoms. The monoisotopic (exact) mass is 277 g/mol. The van der Waals surface area contributed by atoms with Gasteiger partial charge in [-0.15, -0.1) is 0 Å². The molecule has 0 aliphatic carbocycles. The Hall–Kier alpha value is -2.43. The second kappa shape index (κ2) is 6.14. The van der Waals surface area contributed by atoms with Crippen LogP contribution in [0.2, 0.25) is 0 Å². The number of halogens is 1. The summed E-state index contributed by atoms with van der Waals surface area (Å²) in [6.07, 6.45) is 0. The van der Waals surface area contributed by atoms with Crippen LogP contribution < -0.4 is 19.9 Å². The summed E-state index contributed by atoms with van der Waals surface area (Å²) >= 11 is 0. The minimum absolute atomic E-state index is 0.204. The molecule has 0 aliphatic rings. The van der Waals surface area contributed by atoms with E-state index in [1.54, 1.807) is 37.4 Å². The molecule has 2 N–H and O–H groups in total. The normalized spacial score (nSPS) is 10.2. The molecule has 0 heterocycles. The SMILES string of the molecule is COc1ccc(COc2cc(N)ccc2OC)cc1F. The van der Waals surface area contributed by atoms with Gasteiger partial charge in [0, 0.05) is 11.8 Å². The van der Waals surface area contributed by atoms with E-state index in [2.05, 4.69) is 0 Å². The summed E-state index contributed by atoms with van der Waals surface area (Å²) in [7, 11) is 2.97. The van der Waals surface area contributed by atoms with Crippen LogP contribution in [0.4, 0.5) is 10.1 Å². The Labute approximate surface area is 116 Å². The van der Waals surface area contributed by atoms with Crippen LogP contribution in [-0.4, -0.2) is 14.2 Å². The Morgan fingerprint density at radius 3 is 2.30 bits per heavy atom. The van der Waals surface area contributed by atoms with E-state index >= 15 is 0 Å². The van der Waals surface area contributed by atoms with Gasteiger partial charge in [0.25, 0.3) is 0 Å². The van der Waals surface area contributed by atoms with Crippen LogP contribution in [0.1, 0.15) is 5.56 Å². The van der Waals surface area contributed by atoms with Crippen LogP contribution in [0.25, 0.3) is 0 Å². The van der Waals surface area contributed by atoms with Gasteiger partial charge in [0.05, 0.1) is 14.2 Å². The zero-order valence-electron chi connectivity index (χ0n) is 11.4. The fourth-order valence-electron chi connectivity index (χ4n) is 1.77. The third-order valence-electron chi connectivity index (χ3n) is 2.80. The molecule has 0 aliphatic heterocycles. The largest absolute Gasteiger partial charge is 0.494 e. The van der Waals surface area contributed by atoms with Gasteiger partial charge in [-0.05, 0) is 29.8 Å². The zero-order chi connectivity index (χ0) is 14.5. The highest BCUT2D eigenvalue weighted by Gasteiger charge is 2.07. The lowest BCUT2D eigenvalue weighted by atomic mass is 10.2. The van der Waals surface area contributed by atoms with Crippen molar-refractivity contribution in [3.8, 4) is 17.2 Å². The number of hydrogen-bond donors (Lipinski definition) is 1. The minimum atomic E-state index is -0.423. The van der Waals surface area contributed by atoms with Gasteiger partial charge < -0.3 is 19.9 Å². The van der Waals surface area contributed by atoms with E-state index in [1.807, 2.05) is 0 Å². The van der Waals surface area contributed by atoms with Crippen LogP contribution in [-0.2, 0) is 6.61 Å². The van der Waals surface area contributed by atoms with Crippen molar-refractivity contribution >= 4 is 5.69 Å². The van der Waals surface area contributed by atoms with E-state index < -0.39 is 5.82 Å². The van der Waals surface area contributed by atoms with Crippen LogP contribution in [0.5, 0.6) is 17.2 Å². The number of nitrogens with two attached hydrogens (primary N) is 1. The molecule has 0 unspecified atom stereocenters. The predicted octanol–water partition coefficient (Wildman–Crippen LogP) is 3.00. The van der Waals surface area contributed by atoms with E-state index in [0.717, 1.165) is 0 Å². The van der Waals surface area contributed by atoms with E-state index in [1.165, 1.54) is 13.2 Å². The fraction of sp³-hybridized carbons (Fsp3) is 0.200. The maximum absolute atomic E-state index is 13.6. The number of anilines is 1.